The number of aliphatic carboxylic acids is 1. The van der Waals surface area contributed by atoms with Gasteiger partial charge in [0.1, 0.15) is 5.75 Å². The molecule has 0 aromatic heterocycles. The summed E-state index contributed by atoms with van der Waals surface area (Å²) in [5.41, 5.74) is 0.262. The summed E-state index contributed by atoms with van der Waals surface area (Å²) in [6.07, 6.45) is -4.80. The van der Waals surface area contributed by atoms with E-state index in [1.807, 2.05) is 13.8 Å². The number of anilines is 1. The molecule has 0 spiro atoms. The highest BCUT2D eigenvalue weighted by molar-refractivity contribution is 6.32. The van der Waals surface area contributed by atoms with Gasteiger partial charge < -0.3 is 20.1 Å². The molecule has 144 valence electrons. The first kappa shape index (κ1) is 20.2. The summed E-state index contributed by atoms with van der Waals surface area (Å²) < 4.78 is 44.4. The first-order valence-corrected chi connectivity index (χ1v) is 8.18. The average molecular weight is 395 g/mol. The molecule has 1 aliphatic rings. The number of carbonyl (C=O) groups excluding carboxylic acids is 1. The number of amides is 2. The zero-order valence-electron chi connectivity index (χ0n) is 14.0. The van der Waals surface area contributed by atoms with Crippen LogP contribution in [-0.2, 0) is 4.79 Å². The van der Waals surface area contributed by atoms with Crippen molar-refractivity contribution in [3.05, 3.63) is 23.2 Å². The van der Waals surface area contributed by atoms with Gasteiger partial charge in [-0.25, -0.2) is 4.79 Å². The van der Waals surface area contributed by atoms with Gasteiger partial charge in [0.25, 0.3) is 0 Å². The van der Waals surface area contributed by atoms with E-state index in [0.29, 0.717) is 5.75 Å². The van der Waals surface area contributed by atoms with Crippen LogP contribution in [0.5, 0.6) is 5.75 Å². The van der Waals surface area contributed by atoms with Crippen LogP contribution < -0.4 is 10.1 Å². The van der Waals surface area contributed by atoms with Crippen LogP contribution in [0, 0.1) is 11.8 Å². The van der Waals surface area contributed by atoms with E-state index in [-0.39, 0.29) is 16.8 Å². The van der Waals surface area contributed by atoms with E-state index in [1.54, 1.807) is 0 Å². The van der Waals surface area contributed by atoms with Gasteiger partial charge in [0, 0.05) is 18.8 Å². The average Bonchev–Trinajstić information content (AvgIpc) is 2.95. The number of hydrogen-bond acceptors (Lipinski definition) is 3. The Hall–Kier alpha value is -2.16. The lowest BCUT2D eigenvalue weighted by Gasteiger charge is -2.19. The number of nitrogens with one attached hydrogen (secondary N) is 1. The molecule has 0 unspecified atom stereocenters. The maximum absolute atomic E-state index is 13.0. The van der Waals surface area contributed by atoms with Crippen molar-refractivity contribution in [3.8, 4) is 5.75 Å². The smallest absolute Gasteiger partial charge is 0.394 e. The van der Waals surface area contributed by atoms with Crippen molar-refractivity contribution in [1.82, 2.24) is 4.90 Å². The van der Waals surface area contributed by atoms with Crippen LogP contribution in [0.1, 0.15) is 13.8 Å². The highest BCUT2D eigenvalue weighted by Crippen LogP contribution is 2.38. The Morgan fingerprint density at radius 3 is 2.46 bits per heavy atom. The molecule has 0 radical (unpaired) electrons. The molecule has 0 aliphatic carbocycles. The van der Waals surface area contributed by atoms with Gasteiger partial charge in [-0.2, -0.15) is 13.2 Å². The van der Waals surface area contributed by atoms with Crippen molar-refractivity contribution in [3.63, 3.8) is 0 Å². The van der Waals surface area contributed by atoms with Crippen LogP contribution in [0.2, 0.25) is 5.02 Å². The Labute approximate surface area is 152 Å². The predicted octanol–water partition coefficient (Wildman–Crippen LogP) is 3.85. The third-order valence-electron chi connectivity index (χ3n) is 3.89. The number of likely N-dealkylation sites (tertiary alicyclic amines) is 1. The van der Waals surface area contributed by atoms with Crippen molar-refractivity contribution in [1.29, 1.82) is 0 Å². The highest BCUT2D eigenvalue weighted by Gasteiger charge is 2.53. The van der Waals surface area contributed by atoms with E-state index in [1.165, 1.54) is 18.2 Å². The maximum Gasteiger partial charge on any atom is 0.394 e. The Morgan fingerprint density at radius 1 is 1.35 bits per heavy atom. The van der Waals surface area contributed by atoms with Crippen LogP contribution in [0.15, 0.2) is 18.2 Å². The van der Waals surface area contributed by atoms with E-state index < -0.39 is 43.1 Å². The predicted molar refractivity (Wildman–Crippen MR) is 88.5 cm³/mol. The number of carboxylic acids is 1. The summed E-state index contributed by atoms with van der Waals surface area (Å²) in [6, 6.07) is 3.61. The summed E-state index contributed by atoms with van der Waals surface area (Å²) in [4.78, 5) is 24.1. The number of halogens is 4. The van der Waals surface area contributed by atoms with Crippen LogP contribution in [0.25, 0.3) is 0 Å². The van der Waals surface area contributed by atoms with Crippen LogP contribution in [-0.4, -0.2) is 47.4 Å². The number of ether oxygens (including phenoxy) is 1. The van der Waals surface area contributed by atoms with E-state index in [2.05, 4.69) is 5.32 Å². The molecule has 10 heteroatoms. The van der Waals surface area contributed by atoms with Crippen molar-refractivity contribution in [2.75, 3.05) is 18.4 Å². The second-order valence-electron chi connectivity index (χ2n) is 6.24. The van der Waals surface area contributed by atoms with E-state index >= 15 is 0 Å². The van der Waals surface area contributed by atoms with Gasteiger partial charge in [-0.3, -0.25) is 4.79 Å². The third-order valence-corrected chi connectivity index (χ3v) is 4.19. The molecule has 0 saturated carbocycles. The standard InChI is InChI=1S/C16H18ClF3N2O4/c1-8(2)26-13-4-3-9(5-12(13)17)21-15(25)22-6-10(14(23)24)11(7-22)16(18,19)20/h3-5,8,10-11H,6-7H2,1-2H3,(H,21,25)(H,23,24)/t10-,11-/m1/s1. The molecule has 1 aromatic carbocycles. The second-order valence-corrected chi connectivity index (χ2v) is 6.65. The second kappa shape index (κ2) is 7.61. The molecule has 1 saturated heterocycles. The Balaban J connectivity index is 2.08. The van der Waals surface area contributed by atoms with Gasteiger partial charge in [-0.15, -0.1) is 0 Å². The van der Waals surface area contributed by atoms with E-state index in [0.717, 1.165) is 4.90 Å². The van der Waals surface area contributed by atoms with Crippen molar-refractivity contribution in [2.45, 2.75) is 26.1 Å². The van der Waals surface area contributed by atoms with E-state index in [4.69, 9.17) is 21.4 Å². The largest absolute Gasteiger partial charge is 0.489 e. The fraction of sp³-hybridized carbons (Fsp3) is 0.500. The topological polar surface area (TPSA) is 78.9 Å². The molecule has 0 bridgehead atoms. The number of benzene rings is 1. The lowest BCUT2D eigenvalue weighted by molar-refractivity contribution is -0.187. The van der Waals surface area contributed by atoms with Gasteiger partial charge in [-0.05, 0) is 32.0 Å². The Bertz CT molecular complexity index is 697. The quantitative estimate of drug-likeness (QED) is 0.813. The van der Waals surface area contributed by atoms with E-state index in [9.17, 15) is 22.8 Å². The van der Waals surface area contributed by atoms with Gasteiger partial charge >= 0.3 is 18.2 Å². The molecule has 26 heavy (non-hydrogen) atoms. The van der Waals surface area contributed by atoms with Crippen LogP contribution in [0.4, 0.5) is 23.7 Å². The first-order valence-electron chi connectivity index (χ1n) is 7.80. The zero-order chi connectivity index (χ0) is 19.6. The maximum atomic E-state index is 13.0. The summed E-state index contributed by atoms with van der Waals surface area (Å²) in [5, 5.41) is 11.6. The molecule has 6 nitrogen and oxygen atoms in total. The summed E-state index contributed by atoms with van der Waals surface area (Å²) in [5.74, 6) is -4.97. The summed E-state index contributed by atoms with van der Waals surface area (Å²) >= 11 is 6.05. The fourth-order valence-corrected chi connectivity index (χ4v) is 2.91. The number of nitrogens with zero attached hydrogens (tertiary/aromatic N) is 1. The fourth-order valence-electron chi connectivity index (χ4n) is 2.68. The minimum atomic E-state index is -4.70. The zero-order valence-corrected chi connectivity index (χ0v) is 14.8. The van der Waals surface area contributed by atoms with Gasteiger partial charge in [-0.1, -0.05) is 11.6 Å². The molecule has 1 aliphatic heterocycles. The van der Waals surface area contributed by atoms with Gasteiger partial charge in [0.2, 0.25) is 0 Å². The first-order chi connectivity index (χ1) is 12.0. The molecule has 1 aromatic rings. The molecule has 2 N–H and O–H groups in total. The molecule has 1 heterocycles. The highest BCUT2D eigenvalue weighted by atomic mass is 35.5. The lowest BCUT2D eigenvalue weighted by Crippen LogP contribution is -2.35. The van der Waals surface area contributed by atoms with Gasteiger partial charge in [0.15, 0.2) is 0 Å². The van der Waals surface area contributed by atoms with Crippen LogP contribution >= 0.6 is 11.6 Å². The number of carbonyl (C=O) groups is 2. The number of hydrogen-bond donors (Lipinski definition) is 2. The number of carboxylic acid groups (broad SMARTS) is 1. The van der Waals surface area contributed by atoms with Crippen molar-refractivity contribution in [2.24, 2.45) is 11.8 Å². The number of alkyl halides is 3. The molecular weight excluding hydrogens is 377 g/mol. The van der Waals surface area contributed by atoms with Crippen molar-refractivity contribution >= 4 is 29.3 Å². The summed E-state index contributed by atoms with van der Waals surface area (Å²) in [7, 11) is 0. The summed E-state index contributed by atoms with van der Waals surface area (Å²) in [6.45, 7) is 2.40. The minimum absolute atomic E-state index is 0.107. The monoisotopic (exact) mass is 394 g/mol. The Kier molecular flexibility index (Phi) is 5.90. The molecule has 2 amide bonds. The third kappa shape index (κ3) is 4.72. The normalized spacial score (nSPS) is 20.3. The lowest BCUT2D eigenvalue weighted by atomic mass is 9.96. The number of urea groups is 1. The molecule has 2 atom stereocenters. The molecule has 1 fully saturated rings. The SMILES string of the molecule is CC(C)Oc1ccc(NC(=O)N2C[C@@H](C(F)(F)F)[C@H](C(=O)O)C2)cc1Cl. The van der Waals surface area contributed by atoms with Crippen LogP contribution in [0.3, 0.4) is 0 Å². The minimum Gasteiger partial charge on any atom is -0.489 e. The Morgan fingerprint density at radius 2 is 2.00 bits per heavy atom. The number of rotatable bonds is 4. The van der Waals surface area contributed by atoms with Crippen molar-refractivity contribution < 1.29 is 32.6 Å². The molecular formula is C16H18ClF3N2O4. The molecule has 2 rings (SSSR count). The van der Waals surface area contributed by atoms with Gasteiger partial charge in [0.05, 0.1) is 23.0 Å².